The van der Waals surface area contributed by atoms with E-state index in [0.717, 1.165) is 37.1 Å². The Labute approximate surface area is 154 Å². The van der Waals surface area contributed by atoms with Crippen molar-refractivity contribution in [1.29, 1.82) is 0 Å². The molecule has 1 heterocycles. The first-order valence-electron chi connectivity index (χ1n) is 9.13. The van der Waals surface area contributed by atoms with Crippen LogP contribution in [0.25, 0.3) is 0 Å². The minimum absolute atomic E-state index is 0.156. The number of anilines is 2. The van der Waals surface area contributed by atoms with E-state index >= 15 is 0 Å². The number of amides is 3. The van der Waals surface area contributed by atoms with E-state index in [0.29, 0.717) is 18.7 Å². The Morgan fingerprint density at radius 1 is 1.12 bits per heavy atom. The predicted octanol–water partition coefficient (Wildman–Crippen LogP) is 3.88. The van der Waals surface area contributed by atoms with Crippen molar-refractivity contribution in [3.05, 3.63) is 59.7 Å². The van der Waals surface area contributed by atoms with E-state index in [2.05, 4.69) is 10.6 Å². The molecular weight excluding hydrogens is 326 g/mol. The molecule has 3 rings (SSSR count). The number of nitrogens with zero attached hydrogens (tertiary/aromatic N) is 1. The van der Waals surface area contributed by atoms with Crippen LogP contribution in [-0.4, -0.2) is 25.0 Å². The normalized spacial score (nSPS) is 14.2. The van der Waals surface area contributed by atoms with Crippen molar-refractivity contribution < 1.29 is 9.59 Å². The fourth-order valence-electron chi connectivity index (χ4n) is 3.18. The van der Waals surface area contributed by atoms with Gasteiger partial charge in [0.25, 0.3) is 0 Å². The van der Waals surface area contributed by atoms with Crippen LogP contribution in [0.5, 0.6) is 0 Å². The van der Waals surface area contributed by atoms with Gasteiger partial charge in [-0.2, -0.15) is 0 Å². The van der Waals surface area contributed by atoms with Gasteiger partial charge in [-0.05, 0) is 49.4 Å². The number of urea groups is 1. The Balaban J connectivity index is 1.58. The van der Waals surface area contributed by atoms with Crippen LogP contribution in [0.1, 0.15) is 30.4 Å². The minimum atomic E-state index is -0.235. The predicted molar refractivity (Wildman–Crippen MR) is 105 cm³/mol. The van der Waals surface area contributed by atoms with E-state index in [9.17, 15) is 9.59 Å². The highest BCUT2D eigenvalue weighted by Gasteiger charge is 2.21. The van der Waals surface area contributed by atoms with Crippen LogP contribution in [0.4, 0.5) is 16.2 Å². The molecule has 3 amide bonds. The number of carbonyl (C=O) groups excluding carboxylic acids is 2. The van der Waals surface area contributed by atoms with Crippen molar-refractivity contribution in [2.24, 2.45) is 0 Å². The zero-order valence-corrected chi connectivity index (χ0v) is 15.1. The van der Waals surface area contributed by atoms with Crippen LogP contribution >= 0.6 is 0 Å². The number of hydrogen-bond donors (Lipinski definition) is 2. The maximum atomic E-state index is 12.2. The summed E-state index contributed by atoms with van der Waals surface area (Å²) >= 11 is 0. The molecule has 1 fully saturated rings. The van der Waals surface area contributed by atoms with E-state index in [1.165, 1.54) is 5.56 Å². The highest BCUT2D eigenvalue weighted by atomic mass is 16.2. The average molecular weight is 351 g/mol. The summed E-state index contributed by atoms with van der Waals surface area (Å²) < 4.78 is 0. The standard InChI is InChI=1S/C21H25N3O2/c1-16-10-11-18(15-19(16)24-14-6-5-9-20(24)25)23-21(26)22-13-12-17-7-3-2-4-8-17/h2-4,7-8,10-11,15H,5-6,9,12-14H2,1H3,(H2,22,23,26). The highest BCUT2D eigenvalue weighted by Crippen LogP contribution is 2.27. The molecule has 5 heteroatoms. The first-order valence-corrected chi connectivity index (χ1v) is 9.13. The lowest BCUT2D eigenvalue weighted by molar-refractivity contribution is -0.119. The van der Waals surface area contributed by atoms with Crippen molar-refractivity contribution in [3.8, 4) is 0 Å². The number of rotatable bonds is 5. The molecule has 0 bridgehead atoms. The summed E-state index contributed by atoms with van der Waals surface area (Å²) in [4.78, 5) is 26.2. The Hall–Kier alpha value is -2.82. The average Bonchev–Trinajstić information content (AvgIpc) is 2.65. The van der Waals surface area contributed by atoms with Crippen LogP contribution < -0.4 is 15.5 Å². The van der Waals surface area contributed by atoms with Crippen LogP contribution in [0.3, 0.4) is 0 Å². The molecule has 0 radical (unpaired) electrons. The van der Waals surface area contributed by atoms with Crippen LogP contribution in [0, 0.1) is 6.92 Å². The summed E-state index contributed by atoms with van der Waals surface area (Å²) in [6.07, 6.45) is 3.35. The van der Waals surface area contributed by atoms with E-state index in [-0.39, 0.29) is 11.9 Å². The van der Waals surface area contributed by atoms with Crippen molar-refractivity contribution in [3.63, 3.8) is 0 Å². The second kappa shape index (κ2) is 8.52. The zero-order valence-electron chi connectivity index (χ0n) is 15.1. The molecule has 136 valence electrons. The molecule has 26 heavy (non-hydrogen) atoms. The van der Waals surface area contributed by atoms with E-state index < -0.39 is 0 Å². The molecular formula is C21H25N3O2. The lowest BCUT2D eigenvalue weighted by Crippen LogP contribution is -2.36. The summed E-state index contributed by atoms with van der Waals surface area (Å²) in [5, 5.41) is 5.73. The third-order valence-corrected chi connectivity index (χ3v) is 4.62. The second-order valence-electron chi connectivity index (χ2n) is 6.62. The number of piperidine rings is 1. The molecule has 0 spiro atoms. The number of nitrogens with one attached hydrogen (secondary N) is 2. The van der Waals surface area contributed by atoms with Gasteiger partial charge in [-0.1, -0.05) is 36.4 Å². The highest BCUT2D eigenvalue weighted by molar-refractivity contribution is 5.96. The third-order valence-electron chi connectivity index (χ3n) is 4.62. The number of benzene rings is 2. The smallest absolute Gasteiger partial charge is 0.319 e. The molecule has 0 unspecified atom stereocenters. The molecule has 0 aliphatic carbocycles. The third kappa shape index (κ3) is 4.63. The monoisotopic (exact) mass is 351 g/mol. The SMILES string of the molecule is Cc1ccc(NC(=O)NCCc2ccccc2)cc1N1CCCCC1=O. The van der Waals surface area contributed by atoms with Gasteiger partial charge in [-0.15, -0.1) is 0 Å². The first kappa shape index (κ1) is 18.0. The fraction of sp³-hybridized carbons (Fsp3) is 0.333. The van der Waals surface area contributed by atoms with Crippen molar-refractivity contribution in [2.45, 2.75) is 32.6 Å². The summed E-state index contributed by atoms with van der Waals surface area (Å²) in [7, 11) is 0. The second-order valence-corrected chi connectivity index (χ2v) is 6.62. The Morgan fingerprint density at radius 3 is 2.69 bits per heavy atom. The molecule has 5 nitrogen and oxygen atoms in total. The topological polar surface area (TPSA) is 61.4 Å². The van der Waals surface area contributed by atoms with Gasteiger partial charge in [0.15, 0.2) is 0 Å². The molecule has 1 saturated heterocycles. The largest absolute Gasteiger partial charge is 0.338 e. The number of carbonyl (C=O) groups is 2. The molecule has 2 N–H and O–H groups in total. The van der Waals surface area contributed by atoms with Crippen LogP contribution in [0.2, 0.25) is 0 Å². The van der Waals surface area contributed by atoms with E-state index in [1.54, 1.807) is 0 Å². The van der Waals surface area contributed by atoms with Gasteiger partial charge >= 0.3 is 6.03 Å². The van der Waals surface area contributed by atoms with Gasteiger partial charge in [0.2, 0.25) is 5.91 Å². The Bertz CT molecular complexity index is 774. The number of hydrogen-bond acceptors (Lipinski definition) is 2. The molecule has 2 aromatic carbocycles. The van der Waals surface area contributed by atoms with Gasteiger partial charge < -0.3 is 15.5 Å². The summed E-state index contributed by atoms with van der Waals surface area (Å²) in [6.45, 7) is 3.30. The van der Waals surface area contributed by atoms with Crippen molar-refractivity contribution >= 4 is 23.3 Å². The summed E-state index contributed by atoms with van der Waals surface area (Å²) in [5.74, 6) is 0.156. The first-order chi connectivity index (χ1) is 12.6. The maximum Gasteiger partial charge on any atom is 0.319 e. The van der Waals surface area contributed by atoms with Gasteiger partial charge in [-0.3, -0.25) is 4.79 Å². The molecule has 1 aliphatic heterocycles. The maximum absolute atomic E-state index is 12.2. The fourth-order valence-corrected chi connectivity index (χ4v) is 3.18. The Morgan fingerprint density at radius 2 is 1.92 bits per heavy atom. The van der Waals surface area contributed by atoms with Crippen molar-refractivity contribution in [2.75, 3.05) is 23.3 Å². The molecule has 0 atom stereocenters. The van der Waals surface area contributed by atoms with Crippen molar-refractivity contribution in [1.82, 2.24) is 5.32 Å². The molecule has 0 aromatic heterocycles. The summed E-state index contributed by atoms with van der Waals surface area (Å²) in [5.41, 5.74) is 3.81. The minimum Gasteiger partial charge on any atom is -0.338 e. The number of aryl methyl sites for hydroxylation is 1. The van der Waals surface area contributed by atoms with Gasteiger partial charge in [0, 0.05) is 30.9 Å². The lowest BCUT2D eigenvalue weighted by atomic mass is 10.1. The summed E-state index contributed by atoms with van der Waals surface area (Å²) in [6, 6.07) is 15.5. The van der Waals surface area contributed by atoms with E-state index in [4.69, 9.17) is 0 Å². The zero-order chi connectivity index (χ0) is 18.4. The lowest BCUT2D eigenvalue weighted by Gasteiger charge is -2.28. The van der Waals surface area contributed by atoms with Gasteiger partial charge in [0.1, 0.15) is 0 Å². The molecule has 1 aliphatic rings. The quantitative estimate of drug-likeness (QED) is 0.859. The molecule has 2 aromatic rings. The van der Waals surface area contributed by atoms with E-state index in [1.807, 2.05) is 60.4 Å². The van der Waals surface area contributed by atoms with Crippen LogP contribution in [0.15, 0.2) is 48.5 Å². The van der Waals surface area contributed by atoms with Gasteiger partial charge in [-0.25, -0.2) is 4.79 Å². The Kier molecular flexibility index (Phi) is 5.89. The molecule has 0 saturated carbocycles. The van der Waals surface area contributed by atoms with Crippen LogP contribution in [-0.2, 0) is 11.2 Å². The van der Waals surface area contributed by atoms with Gasteiger partial charge in [0.05, 0.1) is 0 Å².